The molecule has 2 aromatic rings. The largest absolute Gasteiger partial charge is 0.371 e. The summed E-state index contributed by atoms with van der Waals surface area (Å²) < 4.78 is 18.7. The second-order valence-corrected chi connectivity index (χ2v) is 7.80. The Morgan fingerprint density at radius 1 is 1.09 bits per heavy atom. The first-order chi connectivity index (χ1) is 15.4. The van der Waals surface area contributed by atoms with Gasteiger partial charge < -0.3 is 20.3 Å². The number of likely N-dealkylation sites (N-methyl/N-ethyl adjacent to an activating group) is 1. The Morgan fingerprint density at radius 3 is 2.56 bits per heavy atom. The van der Waals surface area contributed by atoms with E-state index >= 15 is 0 Å². The predicted molar refractivity (Wildman–Crippen MR) is 117 cm³/mol. The first-order valence-electron chi connectivity index (χ1n) is 10.6. The minimum atomic E-state index is -0.347. The molecule has 2 N–H and O–H groups in total. The molecule has 0 spiro atoms. The lowest BCUT2D eigenvalue weighted by molar-refractivity contribution is -0.140. The summed E-state index contributed by atoms with van der Waals surface area (Å²) in [4.78, 5) is 38.3. The zero-order chi connectivity index (χ0) is 22.9. The lowest BCUT2D eigenvalue weighted by Crippen LogP contribution is -2.41. The molecule has 0 radical (unpaired) electrons. The number of amides is 3. The number of nitrogens with zero attached hydrogens (tertiary/aromatic N) is 1. The van der Waals surface area contributed by atoms with Crippen LogP contribution in [0.25, 0.3) is 0 Å². The van der Waals surface area contributed by atoms with E-state index in [1.165, 1.54) is 24.1 Å². The van der Waals surface area contributed by atoms with Crippen LogP contribution in [0, 0.1) is 5.82 Å². The molecule has 1 aliphatic rings. The highest BCUT2D eigenvalue weighted by Gasteiger charge is 2.24. The molecule has 0 bridgehead atoms. The summed E-state index contributed by atoms with van der Waals surface area (Å²) in [6.07, 6.45) is 2.47. The van der Waals surface area contributed by atoms with Crippen LogP contribution in [0.15, 0.2) is 48.5 Å². The van der Waals surface area contributed by atoms with Crippen molar-refractivity contribution < 1.29 is 23.5 Å². The molecule has 0 aliphatic heterocycles. The van der Waals surface area contributed by atoms with Crippen molar-refractivity contribution in [2.45, 2.75) is 31.8 Å². The second kappa shape index (κ2) is 11.4. The molecule has 1 fully saturated rings. The Hall–Kier alpha value is -3.26. The Morgan fingerprint density at radius 2 is 1.84 bits per heavy atom. The van der Waals surface area contributed by atoms with Crippen LogP contribution >= 0.6 is 0 Å². The molecule has 1 saturated carbocycles. The number of ether oxygens (including phenoxy) is 1. The monoisotopic (exact) mass is 441 g/mol. The molecule has 0 heterocycles. The highest BCUT2D eigenvalue weighted by Crippen LogP contribution is 2.19. The Labute approximate surface area is 186 Å². The molecular formula is C24H28FN3O4. The van der Waals surface area contributed by atoms with E-state index in [9.17, 15) is 18.8 Å². The first-order valence-corrected chi connectivity index (χ1v) is 10.6. The van der Waals surface area contributed by atoms with Gasteiger partial charge in [0.2, 0.25) is 11.8 Å². The average molecular weight is 442 g/mol. The van der Waals surface area contributed by atoms with Crippen molar-refractivity contribution in [3.8, 4) is 0 Å². The van der Waals surface area contributed by atoms with Gasteiger partial charge in [-0.25, -0.2) is 4.39 Å². The number of carbonyl (C=O) groups is 3. The smallest absolute Gasteiger partial charge is 0.251 e. The van der Waals surface area contributed by atoms with Crippen molar-refractivity contribution in [3.05, 3.63) is 71.0 Å². The van der Waals surface area contributed by atoms with Crippen molar-refractivity contribution >= 4 is 17.7 Å². The molecule has 0 atom stereocenters. The summed E-state index contributed by atoms with van der Waals surface area (Å²) >= 11 is 0. The van der Waals surface area contributed by atoms with E-state index in [1.807, 2.05) is 6.07 Å². The zero-order valence-electron chi connectivity index (χ0n) is 18.1. The topological polar surface area (TPSA) is 87.7 Å². The van der Waals surface area contributed by atoms with Crippen LogP contribution in [0.4, 0.5) is 4.39 Å². The summed E-state index contributed by atoms with van der Waals surface area (Å²) in [6.45, 7) is 0.0964. The van der Waals surface area contributed by atoms with Gasteiger partial charge in [-0.15, -0.1) is 0 Å². The van der Waals surface area contributed by atoms with Crippen LogP contribution in [0.2, 0.25) is 0 Å². The van der Waals surface area contributed by atoms with Gasteiger partial charge in [0.1, 0.15) is 12.4 Å². The summed E-state index contributed by atoms with van der Waals surface area (Å²) in [5.41, 5.74) is 2.04. The molecule has 7 nitrogen and oxygen atoms in total. The molecule has 0 unspecified atom stereocenters. The third kappa shape index (κ3) is 7.46. The molecule has 2 aromatic carbocycles. The summed E-state index contributed by atoms with van der Waals surface area (Å²) in [7, 11) is 1.50. The van der Waals surface area contributed by atoms with Crippen LogP contribution in [0.5, 0.6) is 0 Å². The van der Waals surface area contributed by atoms with Crippen LogP contribution in [-0.4, -0.2) is 55.5 Å². The SMILES string of the molecule is CNC(=O)CN(Cc1cccc(C(=O)NC2CC2)c1)C(=O)COCCc1cccc(F)c1. The number of nitrogens with one attached hydrogen (secondary N) is 2. The molecule has 1 aliphatic carbocycles. The maximum atomic E-state index is 13.3. The summed E-state index contributed by atoms with van der Waals surface area (Å²) in [6, 6.07) is 13.5. The Balaban J connectivity index is 1.56. The molecule has 0 aromatic heterocycles. The molecule has 32 heavy (non-hydrogen) atoms. The highest BCUT2D eigenvalue weighted by atomic mass is 19.1. The van der Waals surface area contributed by atoms with Gasteiger partial charge in [-0.2, -0.15) is 0 Å². The first kappa shape index (κ1) is 23.4. The lowest BCUT2D eigenvalue weighted by Gasteiger charge is -2.22. The van der Waals surface area contributed by atoms with E-state index in [4.69, 9.17) is 4.74 Å². The van der Waals surface area contributed by atoms with Gasteiger partial charge in [-0.05, 0) is 54.7 Å². The molecular weight excluding hydrogens is 413 g/mol. The fraction of sp³-hybridized carbons (Fsp3) is 0.375. The van der Waals surface area contributed by atoms with E-state index in [2.05, 4.69) is 10.6 Å². The fourth-order valence-corrected chi connectivity index (χ4v) is 3.15. The third-order valence-corrected chi connectivity index (χ3v) is 5.09. The van der Waals surface area contributed by atoms with Gasteiger partial charge >= 0.3 is 0 Å². The van der Waals surface area contributed by atoms with Crippen LogP contribution in [-0.2, 0) is 27.3 Å². The van der Waals surface area contributed by atoms with Crippen molar-refractivity contribution in [1.82, 2.24) is 15.5 Å². The van der Waals surface area contributed by atoms with Crippen LogP contribution in [0.1, 0.15) is 34.3 Å². The summed E-state index contributed by atoms with van der Waals surface area (Å²) in [5.74, 6) is -1.11. The number of hydrogen-bond acceptors (Lipinski definition) is 4. The number of benzene rings is 2. The van der Waals surface area contributed by atoms with Gasteiger partial charge in [0.25, 0.3) is 5.91 Å². The number of halogens is 1. The van der Waals surface area contributed by atoms with E-state index in [1.54, 1.807) is 30.3 Å². The Kier molecular flexibility index (Phi) is 8.33. The number of carbonyl (C=O) groups excluding carboxylic acids is 3. The standard InChI is InChI=1S/C24H28FN3O4/c1-26-22(29)15-28(23(30)16-32-11-10-17-4-3-7-20(25)13-17)14-18-5-2-6-19(12-18)24(31)27-21-8-9-21/h2-7,12-13,21H,8-11,14-16H2,1H3,(H,26,29)(H,27,31). The minimum Gasteiger partial charge on any atom is -0.371 e. The highest BCUT2D eigenvalue weighted by molar-refractivity contribution is 5.94. The van der Waals surface area contributed by atoms with E-state index in [-0.39, 0.29) is 55.9 Å². The van der Waals surface area contributed by atoms with E-state index < -0.39 is 0 Å². The van der Waals surface area contributed by atoms with Gasteiger partial charge in [-0.3, -0.25) is 14.4 Å². The number of hydrogen-bond donors (Lipinski definition) is 2. The molecule has 0 saturated heterocycles. The minimum absolute atomic E-state index is 0.124. The molecule has 8 heteroatoms. The molecule has 3 rings (SSSR count). The zero-order valence-corrected chi connectivity index (χ0v) is 18.1. The quantitative estimate of drug-likeness (QED) is 0.523. The molecule has 3 amide bonds. The number of rotatable bonds is 11. The van der Waals surface area contributed by atoms with Crippen molar-refractivity contribution in [2.24, 2.45) is 0 Å². The normalized spacial score (nSPS) is 12.8. The van der Waals surface area contributed by atoms with Crippen LogP contribution < -0.4 is 10.6 Å². The van der Waals surface area contributed by atoms with Crippen molar-refractivity contribution in [2.75, 3.05) is 26.8 Å². The third-order valence-electron chi connectivity index (χ3n) is 5.09. The lowest BCUT2D eigenvalue weighted by atomic mass is 10.1. The maximum absolute atomic E-state index is 13.3. The fourth-order valence-electron chi connectivity index (χ4n) is 3.15. The van der Waals surface area contributed by atoms with Gasteiger partial charge in [0.15, 0.2) is 0 Å². The molecule has 170 valence electrons. The van der Waals surface area contributed by atoms with E-state index in [0.717, 1.165) is 24.0 Å². The van der Waals surface area contributed by atoms with Gasteiger partial charge in [-0.1, -0.05) is 24.3 Å². The van der Waals surface area contributed by atoms with Gasteiger partial charge in [0.05, 0.1) is 13.2 Å². The predicted octanol–water partition coefficient (Wildman–Crippen LogP) is 2.05. The van der Waals surface area contributed by atoms with E-state index in [0.29, 0.717) is 12.0 Å². The Bertz CT molecular complexity index is 962. The maximum Gasteiger partial charge on any atom is 0.251 e. The van der Waals surface area contributed by atoms with Crippen LogP contribution in [0.3, 0.4) is 0 Å². The second-order valence-electron chi connectivity index (χ2n) is 7.80. The average Bonchev–Trinajstić information content (AvgIpc) is 3.60. The van der Waals surface area contributed by atoms with Crippen molar-refractivity contribution in [3.63, 3.8) is 0 Å². The van der Waals surface area contributed by atoms with Crippen molar-refractivity contribution in [1.29, 1.82) is 0 Å². The van der Waals surface area contributed by atoms with Gasteiger partial charge in [0, 0.05) is 25.2 Å². The summed E-state index contributed by atoms with van der Waals surface area (Å²) in [5, 5.41) is 5.45.